The van der Waals surface area contributed by atoms with Crippen LogP contribution in [-0.2, 0) is 23.9 Å². The quantitative estimate of drug-likeness (QED) is 0.481. The van der Waals surface area contributed by atoms with Gasteiger partial charge in [0.15, 0.2) is 6.10 Å². The molecule has 0 aliphatic carbocycles. The van der Waals surface area contributed by atoms with Gasteiger partial charge in [0.25, 0.3) is 5.91 Å². The summed E-state index contributed by atoms with van der Waals surface area (Å²) >= 11 is 0. The predicted octanol–water partition coefficient (Wildman–Crippen LogP) is 2.69. The second kappa shape index (κ2) is 10.6. The van der Waals surface area contributed by atoms with Gasteiger partial charge in [-0.05, 0) is 42.8 Å². The third-order valence-corrected chi connectivity index (χ3v) is 3.77. The van der Waals surface area contributed by atoms with Crippen LogP contribution in [-0.4, -0.2) is 29.8 Å². The van der Waals surface area contributed by atoms with E-state index in [4.69, 9.17) is 4.74 Å². The summed E-state index contributed by atoms with van der Waals surface area (Å²) in [6, 6.07) is 15.4. The van der Waals surface area contributed by atoms with Gasteiger partial charge in [-0.25, -0.2) is 4.79 Å². The van der Waals surface area contributed by atoms with Crippen molar-refractivity contribution in [3.8, 4) is 0 Å². The Balaban J connectivity index is 2.02. The van der Waals surface area contributed by atoms with Gasteiger partial charge < -0.3 is 20.7 Å². The molecule has 3 amide bonds. The Morgan fingerprint density at radius 1 is 0.833 bits per heavy atom. The van der Waals surface area contributed by atoms with E-state index < -0.39 is 23.9 Å². The molecule has 0 saturated carbocycles. The van der Waals surface area contributed by atoms with Gasteiger partial charge in [0.2, 0.25) is 11.8 Å². The molecule has 0 bridgehead atoms. The van der Waals surface area contributed by atoms with Crippen LogP contribution in [0.3, 0.4) is 0 Å². The molecule has 8 heteroatoms. The van der Waals surface area contributed by atoms with Crippen molar-refractivity contribution < 1.29 is 23.9 Å². The van der Waals surface area contributed by atoms with Gasteiger partial charge in [-0.15, -0.1) is 0 Å². The van der Waals surface area contributed by atoms with Gasteiger partial charge in [0, 0.05) is 25.2 Å². The number of rotatable bonds is 7. The van der Waals surface area contributed by atoms with Crippen molar-refractivity contribution in [1.29, 1.82) is 0 Å². The molecule has 0 unspecified atom stereocenters. The molecule has 0 heterocycles. The van der Waals surface area contributed by atoms with Gasteiger partial charge in [0.1, 0.15) is 5.70 Å². The number of carbonyl (C=O) groups is 4. The van der Waals surface area contributed by atoms with E-state index in [-0.39, 0.29) is 11.6 Å². The molecule has 2 aromatic rings. The van der Waals surface area contributed by atoms with Crippen molar-refractivity contribution in [3.63, 3.8) is 0 Å². The number of amides is 3. The normalized spacial score (nSPS) is 11.8. The van der Waals surface area contributed by atoms with E-state index in [1.807, 2.05) is 6.07 Å². The highest BCUT2D eigenvalue weighted by atomic mass is 16.5. The monoisotopic (exact) mass is 409 g/mol. The molecule has 0 radical (unpaired) electrons. The highest BCUT2D eigenvalue weighted by Gasteiger charge is 2.21. The fourth-order valence-electron chi connectivity index (χ4n) is 2.41. The number of esters is 1. The topological polar surface area (TPSA) is 114 Å². The second-order valence-electron chi connectivity index (χ2n) is 6.45. The van der Waals surface area contributed by atoms with Crippen LogP contribution in [0.5, 0.6) is 0 Å². The van der Waals surface area contributed by atoms with Crippen molar-refractivity contribution in [1.82, 2.24) is 5.32 Å². The first-order valence-electron chi connectivity index (χ1n) is 9.18. The first kappa shape index (κ1) is 22.4. The SMILES string of the molecule is CC(=O)N/C(=C/c1ccccc1)C(=O)O[C@H](C)C(=O)Nc1ccc(NC(C)=O)cc1. The number of ether oxygens (including phenoxy) is 1. The van der Waals surface area contributed by atoms with E-state index in [0.717, 1.165) is 0 Å². The summed E-state index contributed by atoms with van der Waals surface area (Å²) in [6.45, 7) is 4.09. The van der Waals surface area contributed by atoms with Crippen LogP contribution in [0.15, 0.2) is 60.3 Å². The lowest BCUT2D eigenvalue weighted by Crippen LogP contribution is -2.33. The summed E-state index contributed by atoms with van der Waals surface area (Å²) in [7, 11) is 0. The Morgan fingerprint density at radius 3 is 1.93 bits per heavy atom. The van der Waals surface area contributed by atoms with Crippen LogP contribution in [0.1, 0.15) is 26.3 Å². The van der Waals surface area contributed by atoms with Gasteiger partial charge in [-0.3, -0.25) is 14.4 Å². The highest BCUT2D eigenvalue weighted by Crippen LogP contribution is 2.14. The minimum atomic E-state index is -1.11. The average Bonchev–Trinajstić information content (AvgIpc) is 2.69. The molecule has 0 aliphatic rings. The van der Waals surface area contributed by atoms with E-state index >= 15 is 0 Å². The molecule has 0 spiro atoms. The van der Waals surface area contributed by atoms with Gasteiger partial charge in [-0.1, -0.05) is 30.3 Å². The third-order valence-electron chi connectivity index (χ3n) is 3.77. The fourth-order valence-corrected chi connectivity index (χ4v) is 2.41. The first-order chi connectivity index (χ1) is 14.2. The molecule has 2 aromatic carbocycles. The highest BCUT2D eigenvalue weighted by molar-refractivity contribution is 6.00. The van der Waals surface area contributed by atoms with E-state index in [2.05, 4.69) is 16.0 Å². The van der Waals surface area contributed by atoms with Crippen LogP contribution in [0.4, 0.5) is 11.4 Å². The summed E-state index contributed by atoms with van der Waals surface area (Å²) in [5.41, 5.74) is 1.67. The second-order valence-corrected chi connectivity index (χ2v) is 6.45. The Morgan fingerprint density at radius 2 is 1.40 bits per heavy atom. The van der Waals surface area contributed by atoms with Crippen molar-refractivity contribution in [2.24, 2.45) is 0 Å². The summed E-state index contributed by atoms with van der Waals surface area (Å²) in [6.07, 6.45) is 0.357. The van der Waals surface area contributed by atoms with Gasteiger partial charge in [0.05, 0.1) is 0 Å². The van der Waals surface area contributed by atoms with Crippen LogP contribution < -0.4 is 16.0 Å². The molecule has 30 heavy (non-hydrogen) atoms. The largest absolute Gasteiger partial charge is 0.448 e. The van der Waals surface area contributed by atoms with E-state index in [0.29, 0.717) is 16.9 Å². The number of carbonyl (C=O) groups excluding carboxylic acids is 4. The van der Waals surface area contributed by atoms with E-state index in [9.17, 15) is 19.2 Å². The minimum absolute atomic E-state index is 0.0759. The number of hydrogen-bond acceptors (Lipinski definition) is 5. The van der Waals surface area contributed by atoms with Gasteiger partial charge >= 0.3 is 5.97 Å². The van der Waals surface area contributed by atoms with Gasteiger partial charge in [-0.2, -0.15) is 0 Å². The average molecular weight is 409 g/mol. The molecule has 1 atom stereocenters. The van der Waals surface area contributed by atoms with E-state index in [1.54, 1.807) is 48.5 Å². The lowest BCUT2D eigenvalue weighted by molar-refractivity contribution is -0.149. The van der Waals surface area contributed by atoms with Crippen molar-refractivity contribution in [3.05, 3.63) is 65.9 Å². The first-order valence-corrected chi connectivity index (χ1v) is 9.18. The number of hydrogen-bond donors (Lipinski definition) is 3. The van der Waals surface area contributed by atoms with Crippen LogP contribution in [0.2, 0.25) is 0 Å². The molecule has 0 fully saturated rings. The Kier molecular flexibility index (Phi) is 7.87. The lowest BCUT2D eigenvalue weighted by Gasteiger charge is -2.15. The molecule has 0 aliphatic heterocycles. The van der Waals surface area contributed by atoms with Crippen molar-refractivity contribution in [2.75, 3.05) is 10.6 Å². The van der Waals surface area contributed by atoms with Crippen LogP contribution in [0.25, 0.3) is 6.08 Å². The standard InChI is InChI=1S/C22H23N3O5/c1-14(21(28)25-19-11-9-18(10-12-19)23-15(2)26)30-22(29)20(24-16(3)27)13-17-7-5-4-6-8-17/h4-14H,1-3H3,(H,23,26)(H,24,27)(H,25,28)/b20-13+/t14-/m1/s1. The predicted molar refractivity (Wildman–Crippen MR) is 113 cm³/mol. The third kappa shape index (κ3) is 7.23. The Bertz CT molecular complexity index is 952. The smallest absolute Gasteiger partial charge is 0.355 e. The lowest BCUT2D eigenvalue weighted by atomic mass is 10.2. The molecule has 8 nitrogen and oxygen atoms in total. The maximum absolute atomic E-state index is 12.5. The molecule has 3 N–H and O–H groups in total. The van der Waals surface area contributed by atoms with Crippen LogP contribution >= 0.6 is 0 Å². The van der Waals surface area contributed by atoms with E-state index in [1.165, 1.54) is 26.8 Å². The Labute approximate surface area is 174 Å². The maximum Gasteiger partial charge on any atom is 0.355 e. The number of benzene rings is 2. The zero-order chi connectivity index (χ0) is 22.1. The number of anilines is 2. The fraction of sp³-hybridized carbons (Fsp3) is 0.182. The zero-order valence-electron chi connectivity index (χ0n) is 16.9. The maximum atomic E-state index is 12.5. The molecule has 0 saturated heterocycles. The summed E-state index contributed by atoms with van der Waals surface area (Å²) < 4.78 is 5.20. The molecule has 0 aromatic heterocycles. The molecular weight excluding hydrogens is 386 g/mol. The Hall–Kier alpha value is -3.94. The zero-order valence-corrected chi connectivity index (χ0v) is 16.9. The summed E-state index contributed by atoms with van der Waals surface area (Å²) in [5, 5.41) is 7.67. The van der Waals surface area contributed by atoms with Crippen molar-refractivity contribution in [2.45, 2.75) is 26.9 Å². The molecular formula is C22H23N3O5. The number of nitrogens with one attached hydrogen (secondary N) is 3. The van der Waals surface area contributed by atoms with Crippen LogP contribution in [0, 0.1) is 0 Å². The van der Waals surface area contributed by atoms with Crippen molar-refractivity contribution >= 4 is 41.1 Å². The summed E-state index contributed by atoms with van der Waals surface area (Å²) in [4.78, 5) is 47.3. The summed E-state index contributed by atoms with van der Waals surface area (Å²) in [5.74, 6) is -2.02. The minimum Gasteiger partial charge on any atom is -0.448 e. The molecule has 156 valence electrons. The molecule has 2 rings (SSSR count).